The van der Waals surface area contributed by atoms with Crippen molar-refractivity contribution in [3.05, 3.63) is 99.6 Å². The highest BCUT2D eigenvalue weighted by molar-refractivity contribution is 5.96. The van der Waals surface area contributed by atoms with Crippen molar-refractivity contribution in [3.63, 3.8) is 0 Å². The van der Waals surface area contributed by atoms with E-state index in [9.17, 15) is 14.9 Å². The van der Waals surface area contributed by atoms with Crippen molar-refractivity contribution in [2.24, 2.45) is 0 Å². The highest BCUT2D eigenvalue weighted by Gasteiger charge is 2.27. The highest BCUT2D eigenvalue weighted by Crippen LogP contribution is 2.39. The number of rotatable bonds is 5. The maximum atomic E-state index is 12.8. The molecule has 0 aromatic heterocycles. The van der Waals surface area contributed by atoms with Crippen LogP contribution in [0.4, 0.5) is 17.1 Å². The fourth-order valence-corrected chi connectivity index (χ4v) is 3.77. The molecule has 6 nitrogen and oxygen atoms in total. The van der Waals surface area contributed by atoms with Crippen LogP contribution in [0, 0.1) is 10.1 Å². The Morgan fingerprint density at radius 1 is 1.03 bits per heavy atom. The van der Waals surface area contributed by atoms with Crippen LogP contribution >= 0.6 is 0 Å². The standard InChI is InChI=1S/C23H21N3O3/c1-24(16-17-7-3-2-4-8-17)23(27)19-11-12-21(22(15-19)26(28)29)25-14-13-18-9-5-6-10-20(18)25/h2-12,15H,13-14,16H2,1H3. The maximum Gasteiger partial charge on any atom is 0.293 e. The first-order chi connectivity index (χ1) is 14.0. The number of benzene rings is 3. The molecule has 3 aromatic carbocycles. The van der Waals surface area contributed by atoms with Crippen LogP contribution in [0.5, 0.6) is 0 Å². The fourth-order valence-electron chi connectivity index (χ4n) is 3.77. The Bertz CT molecular complexity index is 1070. The molecule has 1 amide bonds. The topological polar surface area (TPSA) is 66.7 Å². The van der Waals surface area contributed by atoms with Crippen molar-refractivity contribution >= 4 is 23.0 Å². The average molecular weight is 387 g/mol. The van der Waals surface area contributed by atoms with Crippen molar-refractivity contribution in [1.82, 2.24) is 4.90 Å². The van der Waals surface area contributed by atoms with Gasteiger partial charge in [-0.05, 0) is 35.7 Å². The van der Waals surface area contributed by atoms with E-state index in [-0.39, 0.29) is 11.6 Å². The summed E-state index contributed by atoms with van der Waals surface area (Å²) < 4.78 is 0. The Morgan fingerprint density at radius 2 is 1.76 bits per heavy atom. The van der Waals surface area contributed by atoms with E-state index in [1.54, 1.807) is 24.1 Å². The third-order valence-corrected chi connectivity index (χ3v) is 5.21. The first kappa shape index (κ1) is 18.7. The van der Waals surface area contributed by atoms with E-state index in [2.05, 4.69) is 0 Å². The molecule has 6 heteroatoms. The number of anilines is 2. The molecule has 0 bridgehead atoms. The number of hydrogen-bond acceptors (Lipinski definition) is 4. The second-order valence-corrected chi connectivity index (χ2v) is 7.14. The van der Waals surface area contributed by atoms with Crippen LogP contribution < -0.4 is 4.90 Å². The number of carbonyl (C=O) groups excluding carboxylic acids is 1. The highest BCUT2D eigenvalue weighted by atomic mass is 16.6. The van der Waals surface area contributed by atoms with Crippen molar-refractivity contribution in [2.45, 2.75) is 13.0 Å². The molecule has 0 fully saturated rings. The molecule has 0 spiro atoms. The summed E-state index contributed by atoms with van der Waals surface area (Å²) in [6.07, 6.45) is 0.841. The largest absolute Gasteiger partial charge is 0.337 e. The molecule has 3 aromatic rings. The zero-order chi connectivity index (χ0) is 20.4. The molecule has 1 aliphatic heterocycles. The van der Waals surface area contributed by atoms with E-state index in [1.807, 2.05) is 59.5 Å². The maximum absolute atomic E-state index is 12.8. The van der Waals surface area contributed by atoms with Gasteiger partial charge in [-0.15, -0.1) is 0 Å². The van der Waals surface area contributed by atoms with Gasteiger partial charge in [0.1, 0.15) is 5.69 Å². The summed E-state index contributed by atoms with van der Waals surface area (Å²) in [4.78, 5) is 27.7. The predicted octanol–water partition coefficient (Wildman–Crippen LogP) is 4.56. The average Bonchev–Trinajstić information content (AvgIpc) is 3.17. The molecule has 0 atom stereocenters. The van der Waals surface area contributed by atoms with Gasteiger partial charge in [-0.1, -0.05) is 48.5 Å². The number of amides is 1. The zero-order valence-corrected chi connectivity index (χ0v) is 16.1. The number of nitro groups is 1. The molecule has 1 aliphatic rings. The molecule has 29 heavy (non-hydrogen) atoms. The lowest BCUT2D eigenvalue weighted by atomic mass is 10.1. The molecule has 1 heterocycles. The summed E-state index contributed by atoms with van der Waals surface area (Å²) in [6.45, 7) is 1.12. The normalized spacial score (nSPS) is 12.5. The van der Waals surface area contributed by atoms with Crippen LogP contribution in [0.3, 0.4) is 0 Å². The lowest BCUT2D eigenvalue weighted by Crippen LogP contribution is -2.26. The minimum atomic E-state index is -0.412. The van der Waals surface area contributed by atoms with E-state index in [0.717, 1.165) is 17.7 Å². The molecular weight excluding hydrogens is 366 g/mol. The SMILES string of the molecule is CN(Cc1ccccc1)C(=O)c1ccc(N2CCc3ccccc32)c([N+](=O)[O-])c1. The van der Waals surface area contributed by atoms with Gasteiger partial charge < -0.3 is 9.80 Å². The first-order valence-electron chi connectivity index (χ1n) is 9.48. The molecule has 0 aliphatic carbocycles. The quantitative estimate of drug-likeness (QED) is 0.475. The number of fused-ring (bicyclic) bond motifs is 1. The summed E-state index contributed by atoms with van der Waals surface area (Å²) in [6, 6.07) is 22.3. The van der Waals surface area contributed by atoms with Gasteiger partial charge in [0, 0.05) is 37.5 Å². The lowest BCUT2D eigenvalue weighted by molar-refractivity contribution is -0.384. The second kappa shape index (κ2) is 7.75. The summed E-state index contributed by atoms with van der Waals surface area (Å²) in [5.74, 6) is -0.245. The van der Waals surface area contributed by atoms with Gasteiger partial charge in [-0.2, -0.15) is 0 Å². The fraction of sp³-hybridized carbons (Fsp3) is 0.174. The summed E-state index contributed by atoms with van der Waals surface area (Å²) in [7, 11) is 1.70. The number of hydrogen-bond donors (Lipinski definition) is 0. The van der Waals surface area contributed by atoms with Crippen molar-refractivity contribution < 1.29 is 9.72 Å². The smallest absolute Gasteiger partial charge is 0.293 e. The molecule has 0 unspecified atom stereocenters. The van der Waals surface area contributed by atoms with Crippen molar-refractivity contribution in [1.29, 1.82) is 0 Å². The van der Waals surface area contributed by atoms with Crippen LogP contribution in [0.25, 0.3) is 0 Å². The van der Waals surface area contributed by atoms with E-state index in [4.69, 9.17) is 0 Å². The number of nitro benzene ring substituents is 1. The van der Waals surface area contributed by atoms with Crippen LogP contribution in [-0.2, 0) is 13.0 Å². The number of carbonyl (C=O) groups is 1. The van der Waals surface area contributed by atoms with E-state index in [1.165, 1.54) is 11.6 Å². The first-order valence-corrected chi connectivity index (χ1v) is 9.48. The van der Waals surface area contributed by atoms with Crippen LogP contribution in [0.1, 0.15) is 21.5 Å². The van der Waals surface area contributed by atoms with Crippen molar-refractivity contribution in [3.8, 4) is 0 Å². The molecule has 0 saturated carbocycles. The van der Waals surface area contributed by atoms with Crippen LogP contribution in [0.2, 0.25) is 0 Å². The van der Waals surface area contributed by atoms with E-state index in [0.29, 0.717) is 24.3 Å². The van der Waals surface area contributed by atoms with E-state index >= 15 is 0 Å². The predicted molar refractivity (Wildman–Crippen MR) is 112 cm³/mol. The molecule has 146 valence electrons. The third-order valence-electron chi connectivity index (χ3n) is 5.21. The summed E-state index contributed by atoms with van der Waals surface area (Å²) in [5, 5.41) is 11.8. The molecule has 0 N–H and O–H groups in total. The summed E-state index contributed by atoms with van der Waals surface area (Å²) >= 11 is 0. The minimum absolute atomic E-state index is 0.0549. The Kier molecular flexibility index (Phi) is 4.99. The third kappa shape index (κ3) is 3.69. The van der Waals surface area contributed by atoms with E-state index < -0.39 is 4.92 Å². The number of para-hydroxylation sites is 1. The lowest BCUT2D eigenvalue weighted by Gasteiger charge is -2.21. The number of nitrogens with zero attached hydrogens (tertiary/aromatic N) is 3. The van der Waals surface area contributed by atoms with Crippen LogP contribution in [0.15, 0.2) is 72.8 Å². The zero-order valence-electron chi connectivity index (χ0n) is 16.1. The minimum Gasteiger partial charge on any atom is -0.337 e. The van der Waals surface area contributed by atoms with Crippen molar-refractivity contribution in [2.75, 3.05) is 18.5 Å². The van der Waals surface area contributed by atoms with Gasteiger partial charge >= 0.3 is 0 Å². The Morgan fingerprint density at radius 3 is 2.52 bits per heavy atom. The van der Waals surface area contributed by atoms with Gasteiger partial charge in [0.05, 0.1) is 4.92 Å². The molecule has 4 rings (SSSR count). The second-order valence-electron chi connectivity index (χ2n) is 7.14. The van der Waals surface area contributed by atoms with Gasteiger partial charge in [0.25, 0.3) is 11.6 Å². The van der Waals surface area contributed by atoms with Gasteiger partial charge in [0.15, 0.2) is 0 Å². The molecule has 0 radical (unpaired) electrons. The molecular formula is C23H21N3O3. The molecule has 0 saturated heterocycles. The summed E-state index contributed by atoms with van der Waals surface area (Å²) in [5.41, 5.74) is 3.93. The van der Waals surface area contributed by atoms with Crippen LogP contribution in [-0.4, -0.2) is 29.3 Å². The van der Waals surface area contributed by atoms with Gasteiger partial charge in [-0.3, -0.25) is 14.9 Å². The monoisotopic (exact) mass is 387 g/mol. The van der Waals surface area contributed by atoms with Gasteiger partial charge in [0.2, 0.25) is 0 Å². The Hall–Kier alpha value is -3.67. The Labute approximate surface area is 169 Å². The Balaban J connectivity index is 1.63. The van der Waals surface area contributed by atoms with Gasteiger partial charge in [-0.25, -0.2) is 0 Å².